The molecule has 0 aromatic carbocycles. The van der Waals surface area contributed by atoms with E-state index in [0.717, 1.165) is 53.2 Å². The van der Waals surface area contributed by atoms with Gasteiger partial charge in [0.1, 0.15) is 23.6 Å². The van der Waals surface area contributed by atoms with Gasteiger partial charge < -0.3 is 14.5 Å². The Hall–Kier alpha value is -1.84. The highest BCUT2D eigenvalue weighted by molar-refractivity contribution is 7.16. The molecule has 0 saturated carbocycles. The molecule has 0 radical (unpaired) electrons. The smallest absolute Gasteiger partial charge is 0.205 e. The SMILES string of the molecule is COCc1nsc(N2CCN(c3ncnc4sccc34)CC2)n1. The molecule has 3 aromatic heterocycles. The normalized spacial score (nSPS) is 15.5. The average Bonchev–Trinajstić information content (AvgIpc) is 3.24. The predicted octanol–water partition coefficient (Wildman–Crippen LogP) is 2.02. The Balaban J connectivity index is 1.47. The van der Waals surface area contributed by atoms with E-state index in [0.29, 0.717) is 6.61 Å². The van der Waals surface area contributed by atoms with Crippen LogP contribution in [0.25, 0.3) is 10.2 Å². The molecular formula is C14H16N6OS2. The van der Waals surface area contributed by atoms with Crippen LogP contribution >= 0.6 is 22.9 Å². The minimum Gasteiger partial charge on any atom is -0.377 e. The van der Waals surface area contributed by atoms with Crippen molar-refractivity contribution >= 4 is 44.0 Å². The molecule has 0 unspecified atom stereocenters. The summed E-state index contributed by atoms with van der Waals surface area (Å²) in [5.74, 6) is 1.79. The molecule has 7 nitrogen and oxygen atoms in total. The van der Waals surface area contributed by atoms with Gasteiger partial charge in [-0.15, -0.1) is 11.3 Å². The van der Waals surface area contributed by atoms with Crippen LogP contribution in [0.2, 0.25) is 0 Å². The van der Waals surface area contributed by atoms with Crippen molar-refractivity contribution in [2.75, 3.05) is 43.1 Å². The Bertz CT molecular complexity index is 795. The second-order valence-corrected chi connectivity index (χ2v) is 6.86. The molecule has 3 aromatic rings. The third-order valence-electron chi connectivity index (χ3n) is 3.82. The Kier molecular flexibility index (Phi) is 4.06. The zero-order valence-corrected chi connectivity index (χ0v) is 14.3. The summed E-state index contributed by atoms with van der Waals surface area (Å²) in [6.07, 6.45) is 1.66. The Labute approximate surface area is 141 Å². The second-order valence-electron chi connectivity index (χ2n) is 5.24. The van der Waals surface area contributed by atoms with Crippen LogP contribution in [0.15, 0.2) is 17.8 Å². The second kappa shape index (κ2) is 6.34. The lowest BCUT2D eigenvalue weighted by atomic mass is 10.3. The van der Waals surface area contributed by atoms with Gasteiger partial charge in [0.15, 0.2) is 5.82 Å². The molecule has 4 rings (SSSR count). The molecule has 0 N–H and O–H groups in total. The number of ether oxygens (including phenoxy) is 1. The molecule has 9 heteroatoms. The largest absolute Gasteiger partial charge is 0.377 e. The van der Waals surface area contributed by atoms with Crippen molar-refractivity contribution in [2.24, 2.45) is 0 Å². The zero-order valence-electron chi connectivity index (χ0n) is 12.7. The first-order valence-corrected chi connectivity index (χ1v) is 9.00. The molecule has 23 heavy (non-hydrogen) atoms. The lowest BCUT2D eigenvalue weighted by Gasteiger charge is -2.35. The van der Waals surface area contributed by atoms with Gasteiger partial charge in [-0.25, -0.2) is 15.0 Å². The molecule has 1 aliphatic rings. The number of hydrogen-bond donors (Lipinski definition) is 0. The van der Waals surface area contributed by atoms with Gasteiger partial charge in [-0.1, -0.05) is 0 Å². The van der Waals surface area contributed by atoms with E-state index in [1.54, 1.807) is 24.8 Å². The molecule has 0 atom stereocenters. The highest BCUT2D eigenvalue weighted by atomic mass is 32.1. The van der Waals surface area contributed by atoms with Gasteiger partial charge in [0.25, 0.3) is 0 Å². The van der Waals surface area contributed by atoms with E-state index < -0.39 is 0 Å². The highest BCUT2D eigenvalue weighted by Crippen LogP contribution is 2.28. The third-order valence-corrected chi connectivity index (χ3v) is 5.46. The minimum atomic E-state index is 0.466. The van der Waals surface area contributed by atoms with Crippen molar-refractivity contribution in [3.63, 3.8) is 0 Å². The fraction of sp³-hybridized carbons (Fsp3) is 0.429. The summed E-state index contributed by atoms with van der Waals surface area (Å²) in [5, 5.41) is 4.18. The van der Waals surface area contributed by atoms with Gasteiger partial charge in [0, 0.05) is 44.8 Å². The Morgan fingerprint density at radius 1 is 1.17 bits per heavy atom. The van der Waals surface area contributed by atoms with Crippen molar-refractivity contribution in [1.82, 2.24) is 19.3 Å². The van der Waals surface area contributed by atoms with Crippen molar-refractivity contribution in [3.05, 3.63) is 23.6 Å². The maximum Gasteiger partial charge on any atom is 0.205 e. The van der Waals surface area contributed by atoms with Gasteiger partial charge in [-0.3, -0.25) is 0 Å². The Morgan fingerprint density at radius 2 is 2.00 bits per heavy atom. The molecule has 1 aliphatic heterocycles. The number of rotatable bonds is 4. The summed E-state index contributed by atoms with van der Waals surface area (Å²) in [5.41, 5.74) is 0. The fourth-order valence-electron chi connectivity index (χ4n) is 2.70. The standard InChI is InChI=1S/C14H16N6OS2/c1-21-8-11-17-14(23-18-11)20-5-3-19(4-6-20)12-10-2-7-22-13(10)16-9-15-12/h2,7,9H,3-6,8H2,1H3. The summed E-state index contributed by atoms with van der Waals surface area (Å²) in [4.78, 5) is 19.0. The quantitative estimate of drug-likeness (QED) is 0.714. The van der Waals surface area contributed by atoms with E-state index in [1.165, 1.54) is 11.5 Å². The molecule has 0 aliphatic carbocycles. The van der Waals surface area contributed by atoms with Crippen molar-refractivity contribution in [3.8, 4) is 0 Å². The van der Waals surface area contributed by atoms with Crippen LogP contribution in [0, 0.1) is 0 Å². The maximum atomic E-state index is 5.08. The topological polar surface area (TPSA) is 67.3 Å². The zero-order chi connectivity index (χ0) is 15.6. The van der Waals surface area contributed by atoms with E-state index in [2.05, 4.69) is 40.6 Å². The molecule has 1 saturated heterocycles. The minimum absolute atomic E-state index is 0.466. The van der Waals surface area contributed by atoms with Gasteiger partial charge >= 0.3 is 0 Å². The molecule has 4 heterocycles. The van der Waals surface area contributed by atoms with Crippen LogP contribution in [0.1, 0.15) is 5.82 Å². The van der Waals surface area contributed by atoms with Gasteiger partial charge in [-0.05, 0) is 11.4 Å². The van der Waals surface area contributed by atoms with Crippen LogP contribution in [0.4, 0.5) is 10.9 Å². The van der Waals surface area contributed by atoms with Gasteiger partial charge in [-0.2, -0.15) is 4.37 Å². The van der Waals surface area contributed by atoms with Crippen LogP contribution in [-0.2, 0) is 11.3 Å². The third kappa shape index (κ3) is 2.87. The van der Waals surface area contributed by atoms with Gasteiger partial charge in [0.05, 0.1) is 5.39 Å². The average molecular weight is 348 g/mol. The monoisotopic (exact) mass is 348 g/mol. The van der Waals surface area contributed by atoms with Crippen LogP contribution in [-0.4, -0.2) is 52.6 Å². The number of thiophene rings is 1. The summed E-state index contributed by atoms with van der Waals surface area (Å²) >= 11 is 3.09. The molecule has 1 fully saturated rings. The van der Waals surface area contributed by atoms with Crippen molar-refractivity contribution < 1.29 is 4.74 Å². The number of hydrogen-bond acceptors (Lipinski definition) is 9. The molecule has 120 valence electrons. The van der Waals surface area contributed by atoms with Crippen LogP contribution < -0.4 is 9.80 Å². The lowest BCUT2D eigenvalue weighted by molar-refractivity contribution is 0.179. The van der Waals surface area contributed by atoms with E-state index in [4.69, 9.17) is 4.74 Å². The maximum absolute atomic E-state index is 5.08. The van der Waals surface area contributed by atoms with Crippen LogP contribution in [0.3, 0.4) is 0 Å². The summed E-state index contributed by atoms with van der Waals surface area (Å²) in [7, 11) is 1.66. The van der Waals surface area contributed by atoms with Gasteiger partial charge in [0.2, 0.25) is 5.13 Å². The molecule has 0 spiro atoms. The number of methoxy groups -OCH3 is 1. The fourth-order valence-corrected chi connectivity index (χ4v) is 4.15. The number of fused-ring (bicyclic) bond motifs is 1. The number of aromatic nitrogens is 4. The van der Waals surface area contributed by atoms with Crippen LogP contribution in [0.5, 0.6) is 0 Å². The van der Waals surface area contributed by atoms with E-state index in [-0.39, 0.29) is 0 Å². The highest BCUT2D eigenvalue weighted by Gasteiger charge is 2.22. The van der Waals surface area contributed by atoms with E-state index >= 15 is 0 Å². The summed E-state index contributed by atoms with van der Waals surface area (Å²) in [6.45, 7) is 4.13. The first-order chi connectivity index (χ1) is 11.3. The molecule has 0 bridgehead atoms. The molecular weight excluding hydrogens is 332 g/mol. The first-order valence-electron chi connectivity index (χ1n) is 7.35. The lowest BCUT2D eigenvalue weighted by Crippen LogP contribution is -2.46. The summed E-state index contributed by atoms with van der Waals surface area (Å²) < 4.78 is 9.40. The number of piperazine rings is 1. The first kappa shape index (κ1) is 14.7. The Morgan fingerprint density at radius 3 is 2.83 bits per heavy atom. The molecule has 0 amide bonds. The van der Waals surface area contributed by atoms with E-state index in [1.807, 2.05) is 0 Å². The van der Waals surface area contributed by atoms with Crippen molar-refractivity contribution in [1.29, 1.82) is 0 Å². The van der Waals surface area contributed by atoms with Crippen molar-refractivity contribution in [2.45, 2.75) is 6.61 Å². The predicted molar refractivity (Wildman–Crippen MR) is 92.5 cm³/mol. The van der Waals surface area contributed by atoms with E-state index in [9.17, 15) is 0 Å². The number of anilines is 2. The summed E-state index contributed by atoms with van der Waals surface area (Å²) in [6, 6.07) is 2.10. The number of nitrogens with zero attached hydrogens (tertiary/aromatic N) is 6.